The molecule has 0 bridgehead atoms. The molecule has 0 aromatic carbocycles. The van der Waals surface area contributed by atoms with E-state index < -0.39 is 0 Å². The SMILES string of the molecule is O=C(NC1CCOCC1)c1csc2ncc(-c3ccc4nc(NC(=O)C5CC5)cn4c3)cc12. The topological polar surface area (TPSA) is 97.6 Å². The van der Waals surface area contributed by atoms with Crippen LogP contribution in [0.5, 0.6) is 0 Å². The largest absolute Gasteiger partial charge is 0.381 e. The summed E-state index contributed by atoms with van der Waals surface area (Å²) in [6.07, 6.45) is 9.20. The highest BCUT2D eigenvalue weighted by atomic mass is 32.1. The van der Waals surface area contributed by atoms with Crippen LogP contribution in [0.2, 0.25) is 0 Å². The fourth-order valence-electron chi connectivity index (χ4n) is 4.15. The number of imidazole rings is 1. The summed E-state index contributed by atoms with van der Waals surface area (Å²) < 4.78 is 7.28. The first-order valence-electron chi connectivity index (χ1n) is 11.2. The molecule has 6 rings (SSSR count). The quantitative estimate of drug-likeness (QED) is 0.470. The van der Waals surface area contributed by atoms with Crippen LogP contribution in [-0.2, 0) is 9.53 Å². The molecular formula is C24H23N5O3S. The van der Waals surface area contributed by atoms with Crippen molar-refractivity contribution < 1.29 is 14.3 Å². The summed E-state index contributed by atoms with van der Waals surface area (Å²) in [7, 11) is 0. The Morgan fingerprint density at radius 1 is 1.09 bits per heavy atom. The number of fused-ring (bicyclic) bond motifs is 2. The normalized spacial score (nSPS) is 16.8. The molecule has 0 unspecified atom stereocenters. The van der Waals surface area contributed by atoms with Gasteiger partial charge in [0, 0.05) is 59.5 Å². The summed E-state index contributed by atoms with van der Waals surface area (Å²) in [5.41, 5.74) is 3.28. The average molecular weight is 462 g/mol. The summed E-state index contributed by atoms with van der Waals surface area (Å²) in [6, 6.07) is 6.06. The third-order valence-corrected chi connectivity index (χ3v) is 7.12. The molecule has 4 aromatic rings. The van der Waals surface area contributed by atoms with Crippen molar-refractivity contribution in [2.75, 3.05) is 18.5 Å². The van der Waals surface area contributed by atoms with Gasteiger partial charge in [0.1, 0.15) is 10.5 Å². The number of hydrogen-bond acceptors (Lipinski definition) is 6. The Balaban J connectivity index is 1.27. The first-order chi connectivity index (χ1) is 16.1. The number of pyridine rings is 2. The highest BCUT2D eigenvalue weighted by Gasteiger charge is 2.30. The molecule has 1 aliphatic carbocycles. The number of anilines is 1. The van der Waals surface area contributed by atoms with Gasteiger partial charge in [-0.15, -0.1) is 11.3 Å². The second-order valence-corrected chi connectivity index (χ2v) is 9.52. The molecule has 5 heterocycles. The molecule has 4 aromatic heterocycles. The molecule has 2 amide bonds. The molecule has 1 aliphatic heterocycles. The van der Waals surface area contributed by atoms with Crippen LogP contribution < -0.4 is 10.6 Å². The standard InChI is InChI=1S/C24H23N5O3S/c30-22(14-1-2-14)28-20-12-29-11-15(3-4-21(29)27-20)16-9-18-19(13-33-24(18)25-10-16)23(31)26-17-5-7-32-8-6-17/h3-4,9-14,17H,1-2,5-8H2,(H,26,31)(H,28,30). The van der Waals surface area contributed by atoms with E-state index in [9.17, 15) is 9.59 Å². The van der Waals surface area contributed by atoms with Gasteiger partial charge in [-0.3, -0.25) is 9.59 Å². The van der Waals surface area contributed by atoms with E-state index in [0.29, 0.717) is 24.6 Å². The molecule has 1 saturated heterocycles. The van der Waals surface area contributed by atoms with E-state index in [1.807, 2.05) is 46.6 Å². The minimum atomic E-state index is -0.0618. The van der Waals surface area contributed by atoms with Crippen molar-refractivity contribution in [2.24, 2.45) is 5.92 Å². The third-order valence-electron chi connectivity index (χ3n) is 6.21. The fourth-order valence-corrected chi connectivity index (χ4v) is 5.03. The molecule has 2 N–H and O–H groups in total. The molecule has 2 aliphatic rings. The van der Waals surface area contributed by atoms with Crippen molar-refractivity contribution in [1.82, 2.24) is 19.7 Å². The van der Waals surface area contributed by atoms with Crippen LogP contribution in [0.15, 0.2) is 42.2 Å². The summed E-state index contributed by atoms with van der Waals surface area (Å²) in [6.45, 7) is 1.37. The van der Waals surface area contributed by atoms with Gasteiger partial charge in [-0.05, 0) is 43.9 Å². The maximum atomic E-state index is 12.9. The number of hydrogen-bond donors (Lipinski definition) is 2. The lowest BCUT2D eigenvalue weighted by atomic mass is 10.1. The highest BCUT2D eigenvalue weighted by molar-refractivity contribution is 7.17. The Bertz CT molecular complexity index is 1370. The monoisotopic (exact) mass is 461 g/mol. The van der Waals surface area contributed by atoms with E-state index in [1.54, 1.807) is 0 Å². The van der Waals surface area contributed by atoms with E-state index in [0.717, 1.165) is 52.7 Å². The molecule has 8 nitrogen and oxygen atoms in total. The van der Waals surface area contributed by atoms with Gasteiger partial charge in [0.25, 0.3) is 5.91 Å². The Hall–Kier alpha value is -3.30. The van der Waals surface area contributed by atoms with Crippen molar-refractivity contribution in [3.63, 3.8) is 0 Å². The second-order valence-electron chi connectivity index (χ2n) is 8.66. The summed E-state index contributed by atoms with van der Waals surface area (Å²) in [5.74, 6) is 0.666. The zero-order valence-electron chi connectivity index (χ0n) is 17.9. The van der Waals surface area contributed by atoms with Gasteiger partial charge in [-0.2, -0.15) is 0 Å². The minimum Gasteiger partial charge on any atom is -0.381 e. The van der Waals surface area contributed by atoms with Crippen LogP contribution in [0.1, 0.15) is 36.0 Å². The zero-order valence-corrected chi connectivity index (χ0v) is 18.7. The van der Waals surface area contributed by atoms with Gasteiger partial charge in [-0.25, -0.2) is 9.97 Å². The predicted molar refractivity (Wildman–Crippen MR) is 126 cm³/mol. The number of amides is 2. The van der Waals surface area contributed by atoms with Gasteiger partial charge in [0.05, 0.1) is 11.8 Å². The van der Waals surface area contributed by atoms with Gasteiger partial charge in [-0.1, -0.05) is 0 Å². The smallest absolute Gasteiger partial charge is 0.253 e. The number of ether oxygens (including phenoxy) is 1. The van der Waals surface area contributed by atoms with Gasteiger partial charge in [0.15, 0.2) is 5.82 Å². The Kier molecular flexibility index (Phi) is 5.07. The lowest BCUT2D eigenvalue weighted by Gasteiger charge is -2.22. The van der Waals surface area contributed by atoms with Crippen molar-refractivity contribution in [1.29, 1.82) is 0 Å². The van der Waals surface area contributed by atoms with Crippen LogP contribution in [0.4, 0.5) is 5.82 Å². The Morgan fingerprint density at radius 2 is 1.94 bits per heavy atom. The molecule has 0 radical (unpaired) electrons. The number of aromatic nitrogens is 3. The maximum Gasteiger partial charge on any atom is 0.253 e. The molecular weight excluding hydrogens is 438 g/mol. The first kappa shape index (κ1) is 20.3. The number of nitrogens with one attached hydrogen (secondary N) is 2. The molecule has 2 fully saturated rings. The van der Waals surface area contributed by atoms with Crippen molar-refractivity contribution in [3.05, 3.63) is 47.7 Å². The van der Waals surface area contributed by atoms with E-state index >= 15 is 0 Å². The summed E-state index contributed by atoms with van der Waals surface area (Å²) in [5, 5.41) is 8.76. The lowest BCUT2D eigenvalue weighted by Crippen LogP contribution is -2.38. The number of nitrogens with zero attached hydrogens (tertiary/aromatic N) is 3. The van der Waals surface area contributed by atoms with Gasteiger partial charge in [0.2, 0.25) is 5.91 Å². The summed E-state index contributed by atoms with van der Waals surface area (Å²) >= 11 is 1.48. The number of rotatable bonds is 5. The fraction of sp³-hybridized carbons (Fsp3) is 0.333. The van der Waals surface area contributed by atoms with Crippen molar-refractivity contribution >= 4 is 44.8 Å². The molecule has 1 saturated carbocycles. The van der Waals surface area contributed by atoms with E-state index in [1.165, 1.54) is 11.3 Å². The first-order valence-corrected chi connectivity index (χ1v) is 12.1. The molecule has 9 heteroatoms. The van der Waals surface area contributed by atoms with Crippen LogP contribution in [-0.4, -0.2) is 45.4 Å². The van der Waals surface area contributed by atoms with Crippen LogP contribution in [0, 0.1) is 5.92 Å². The zero-order chi connectivity index (χ0) is 22.4. The van der Waals surface area contributed by atoms with Crippen LogP contribution >= 0.6 is 11.3 Å². The Morgan fingerprint density at radius 3 is 2.76 bits per heavy atom. The average Bonchev–Trinajstić information content (AvgIpc) is 3.48. The van der Waals surface area contributed by atoms with Crippen LogP contribution in [0.25, 0.3) is 27.0 Å². The maximum absolute atomic E-state index is 12.9. The van der Waals surface area contributed by atoms with Gasteiger partial charge >= 0.3 is 0 Å². The lowest BCUT2D eigenvalue weighted by molar-refractivity contribution is -0.117. The molecule has 0 spiro atoms. The van der Waals surface area contributed by atoms with Gasteiger partial charge < -0.3 is 19.8 Å². The molecule has 0 atom stereocenters. The van der Waals surface area contributed by atoms with Crippen molar-refractivity contribution in [3.8, 4) is 11.1 Å². The van der Waals surface area contributed by atoms with Crippen molar-refractivity contribution in [2.45, 2.75) is 31.7 Å². The third kappa shape index (κ3) is 4.09. The Labute approximate surface area is 194 Å². The number of carbonyl (C=O) groups excluding carboxylic acids is 2. The number of carbonyl (C=O) groups is 2. The highest BCUT2D eigenvalue weighted by Crippen LogP contribution is 2.31. The summed E-state index contributed by atoms with van der Waals surface area (Å²) in [4.78, 5) is 34.9. The van der Waals surface area contributed by atoms with E-state index in [4.69, 9.17) is 4.74 Å². The molecule has 33 heavy (non-hydrogen) atoms. The van der Waals surface area contributed by atoms with E-state index in [-0.39, 0.29) is 23.8 Å². The van der Waals surface area contributed by atoms with Crippen LogP contribution in [0.3, 0.4) is 0 Å². The number of thiophene rings is 1. The predicted octanol–water partition coefficient (Wildman–Crippen LogP) is 3.87. The molecule has 168 valence electrons. The minimum absolute atomic E-state index is 0.0392. The second kappa shape index (κ2) is 8.24. The van der Waals surface area contributed by atoms with E-state index in [2.05, 4.69) is 20.6 Å².